The first-order chi connectivity index (χ1) is 7.16. The first-order valence-corrected chi connectivity index (χ1v) is 5.18. The minimum atomic E-state index is -0.342. The van der Waals surface area contributed by atoms with Gasteiger partial charge < -0.3 is 5.73 Å². The fourth-order valence-corrected chi connectivity index (χ4v) is 2.03. The van der Waals surface area contributed by atoms with Crippen LogP contribution < -0.4 is 5.73 Å². The van der Waals surface area contributed by atoms with Crippen LogP contribution in [-0.2, 0) is 12.8 Å². The number of hydrogen-bond donors (Lipinski definition) is 1. The molecule has 1 unspecified atom stereocenters. The first kappa shape index (κ1) is 10.1. The highest BCUT2D eigenvalue weighted by molar-refractivity contribution is 5.40. The molecule has 15 heavy (non-hydrogen) atoms. The van der Waals surface area contributed by atoms with E-state index in [1.807, 2.05) is 6.07 Å². The predicted octanol–water partition coefficient (Wildman–Crippen LogP) is 1.80. The van der Waals surface area contributed by atoms with Crippen LogP contribution in [-0.4, -0.2) is 11.0 Å². The normalized spacial score (nSPS) is 20.5. The van der Waals surface area contributed by atoms with Gasteiger partial charge in [-0.1, -0.05) is 6.07 Å². The van der Waals surface area contributed by atoms with Crippen LogP contribution in [0.1, 0.15) is 24.0 Å². The van der Waals surface area contributed by atoms with Gasteiger partial charge in [-0.05, 0) is 36.8 Å². The van der Waals surface area contributed by atoms with Crippen molar-refractivity contribution in [3.05, 3.63) is 39.4 Å². The van der Waals surface area contributed by atoms with E-state index >= 15 is 0 Å². The van der Waals surface area contributed by atoms with Gasteiger partial charge in [0, 0.05) is 18.2 Å². The van der Waals surface area contributed by atoms with Crippen LogP contribution in [0.15, 0.2) is 18.2 Å². The van der Waals surface area contributed by atoms with E-state index in [9.17, 15) is 10.1 Å². The van der Waals surface area contributed by atoms with E-state index in [0.717, 1.165) is 31.2 Å². The SMILES string of the molecule is NC1CCc2ccc([N+](=O)[O-])cc2CC1. The van der Waals surface area contributed by atoms with Crippen molar-refractivity contribution < 1.29 is 4.92 Å². The van der Waals surface area contributed by atoms with E-state index in [-0.39, 0.29) is 16.7 Å². The molecular weight excluding hydrogens is 192 g/mol. The van der Waals surface area contributed by atoms with Crippen molar-refractivity contribution in [3.8, 4) is 0 Å². The molecule has 0 saturated heterocycles. The Hall–Kier alpha value is -1.42. The summed E-state index contributed by atoms with van der Waals surface area (Å²) in [5.41, 5.74) is 8.37. The van der Waals surface area contributed by atoms with Gasteiger partial charge in [0.2, 0.25) is 0 Å². The highest BCUT2D eigenvalue weighted by Crippen LogP contribution is 2.24. The Morgan fingerprint density at radius 3 is 2.60 bits per heavy atom. The molecule has 1 aromatic rings. The number of nitrogens with zero attached hydrogens (tertiary/aromatic N) is 1. The second kappa shape index (κ2) is 3.98. The Morgan fingerprint density at radius 2 is 1.93 bits per heavy atom. The quantitative estimate of drug-likeness (QED) is 0.432. The van der Waals surface area contributed by atoms with Crippen molar-refractivity contribution in [2.75, 3.05) is 0 Å². The van der Waals surface area contributed by atoms with Crippen molar-refractivity contribution in [2.24, 2.45) is 5.73 Å². The maximum absolute atomic E-state index is 10.6. The molecule has 0 bridgehead atoms. The average molecular weight is 206 g/mol. The Bertz CT molecular complexity index is 390. The minimum Gasteiger partial charge on any atom is -0.328 e. The molecule has 0 radical (unpaired) electrons. The molecule has 80 valence electrons. The van der Waals surface area contributed by atoms with Crippen LogP contribution in [0.25, 0.3) is 0 Å². The third-order valence-corrected chi connectivity index (χ3v) is 2.97. The summed E-state index contributed by atoms with van der Waals surface area (Å²) in [5, 5.41) is 10.6. The Balaban J connectivity index is 2.32. The smallest absolute Gasteiger partial charge is 0.269 e. The molecule has 0 fully saturated rings. The molecule has 0 heterocycles. The van der Waals surface area contributed by atoms with Crippen molar-refractivity contribution >= 4 is 5.69 Å². The highest BCUT2D eigenvalue weighted by atomic mass is 16.6. The summed E-state index contributed by atoms with van der Waals surface area (Å²) in [6.45, 7) is 0. The van der Waals surface area contributed by atoms with E-state index in [1.165, 1.54) is 5.56 Å². The van der Waals surface area contributed by atoms with E-state index < -0.39 is 0 Å². The molecule has 0 saturated carbocycles. The van der Waals surface area contributed by atoms with Gasteiger partial charge in [-0.2, -0.15) is 0 Å². The number of hydrogen-bond acceptors (Lipinski definition) is 3. The van der Waals surface area contributed by atoms with Gasteiger partial charge in [-0.25, -0.2) is 0 Å². The molecule has 1 aliphatic rings. The van der Waals surface area contributed by atoms with E-state index in [4.69, 9.17) is 5.73 Å². The van der Waals surface area contributed by atoms with Crippen LogP contribution in [0.3, 0.4) is 0 Å². The van der Waals surface area contributed by atoms with Gasteiger partial charge in [-0.15, -0.1) is 0 Å². The summed E-state index contributed by atoms with van der Waals surface area (Å²) in [6.07, 6.45) is 3.70. The Kier molecular flexibility index (Phi) is 2.68. The second-order valence-electron chi connectivity index (χ2n) is 4.05. The van der Waals surface area contributed by atoms with Crippen LogP contribution >= 0.6 is 0 Å². The van der Waals surface area contributed by atoms with Gasteiger partial charge in [0.05, 0.1) is 4.92 Å². The fourth-order valence-electron chi connectivity index (χ4n) is 2.03. The zero-order valence-electron chi connectivity index (χ0n) is 8.48. The number of aryl methyl sites for hydroxylation is 2. The molecule has 1 aromatic carbocycles. The van der Waals surface area contributed by atoms with Crippen LogP contribution in [0, 0.1) is 10.1 Å². The van der Waals surface area contributed by atoms with Crippen molar-refractivity contribution in [3.63, 3.8) is 0 Å². The zero-order chi connectivity index (χ0) is 10.8. The third kappa shape index (κ3) is 2.15. The van der Waals surface area contributed by atoms with Gasteiger partial charge in [0.1, 0.15) is 0 Å². The molecule has 2 N–H and O–H groups in total. The van der Waals surface area contributed by atoms with Crippen molar-refractivity contribution in [2.45, 2.75) is 31.7 Å². The van der Waals surface area contributed by atoms with Crippen LogP contribution in [0.2, 0.25) is 0 Å². The lowest BCUT2D eigenvalue weighted by molar-refractivity contribution is -0.384. The predicted molar refractivity (Wildman–Crippen MR) is 57.7 cm³/mol. The topological polar surface area (TPSA) is 69.2 Å². The summed E-state index contributed by atoms with van der Waals surface area (Å²) in [7, 11) is 0. The van der Waals surface area contributed by atoms with E-state index in [1.54, 1.807) is 12.1 Å². The van der Waals surface area contributed by atoms with Crippen molar-refractivity contribution in [1.82, 2.24) is 0 Å². The summed E-state index contributed by atoms with van der Waals surface area (Å²) in [4.78, 5) is 10.3. The third-order valence-electron chi connectivity index (χ3n) is 2.97. The maximum Gasteiger partial charge on any atom is 0.269 e. The minimum absolute atomic E-state index is 0.184. The number of nitrogens with two attached hydrogens (primary N) is 1. The number of nitro groups is 1. The second-order valence-corrected chi connectivity index (χ2v) is 4.05. The highest BCUT2D eigenvalue weighted by Gasteiger charge is 2.15. The van der Waals surface area contributed by atoms with E-state index in [0.29, 0.717) is 0 Å². The lowest BCUT2D eigenvalue weighted by Crippen LogP contribution is -2.19. The number of non-ortho nitro benzene ring substituents is 1. The molecule has 0 amide bonds. The molecule has 0 aromatic heterocycles. The number of nitro benzene ring substituents is 1. The maximum atomic E-state index is 10.6. The summed E-state index contributed by atoms with van der Waals surface area (Å²) in [5.74, 6) is 0. The molecule has 1 aliphatic carbocycles. The molecule has 1 atom stereocenters. The van der Waals surface area contributed by atoms with E-state index in [2.05, 4.69) is 0 Å². The molecule has 4 heteroatoms. The molecule has 0 aliphatic heterocycles. The average Bonchev–Trinajstić information content (AvgIpc) is 2.40. The summed E-state index contributed by atoms with van der Waals surface area (Å²) >= 11 is 0. The fraction of sp³-hybridized carbons (Fsp3) is 0.455. The lowest BCUT2D eigenvalue weighted by Gasteiger charge is -2.03. The summed E-state index contributed by atoms with van der Waals surface area (Å²) in [6, 6.07) is 5.37. The molecular formula is C11H14N2O2. The largest absolute Gasteiger partial charge is 0.328 e. The van der Waals surface area contributed by atoms with Gasteiger partial charge in [-0.3, -0.25) is 10.1 Å². The van der Waals surface area contributed by atoms with Gasteiger partial charge in [0.25, 0.3) is 5.69 Å². The Morgan fingerprint density at radius 1 is 1.27 bits per heavy atom. The van der Waals surface area contributed by atoms with Crippen LogP contribution in [0.5, 0.6) is 0 Å². The first-order valence-electron chi connectivity index (χ1n) is 5.18. The Labute approximate surface area is 88.2 Å². The number of fused-ring (bicyclic) bond motifs is 1. The van der Waals surface area contributed by atoms with Gasteiger partial charge in [0.15, 0.2) is 0 Å². The number of rotatable bonds is 1. The summed E-state index contributed by atoms with van der Waals surface area (Å²) < 4.78 is 0. The number of benzene rings is 1. The molecule has 2 rings (SSSR count). The lowest BCUT2D eigenvalue weighted by atomic mass is 10.0. The standard InChI is InChI=1S/C11H14N2O2/c12-10-4-1-8-3-6-11(13(14)15)7-9(8)2-5-10/h3,6-7,10H,1-2,4-5,12H2. The molecule has 4 nitrogen and oxygen atoms in total. The monoisotopic (exact) mass is 206 g/mol. The van der Waals surface area contributed by atoms with Gasteiger partial charge >= 0.3 is 0 Å². The molecule has 0 spiro atoms. The van der Waals surface area contributed by atoms with Crippen LogP contribution in [0.4, 0.5) is 5.69 Å². The zero-order valence-corrected chi connectivity index (χ0v) is 8.48. The van der Waals surface area contributed by atoms with Crippen molar-refractivity contribution in [1.29, 1.82) is 0 Å².